The number of hydrogen-bond acceptors (Lipinski definition) is 5. The molecule has 126 valence electrons. The molecule has 1 heterocycles. The van der Waals surface area contributed by atoms with E-state index in [1.54, 1.807) is 6.21 Å². The maximum atomic E-state index is 11.9. The molecule has 7 nitrogen and oxygen atoms in total. The summed E-state index contributed by atoms with van der Waals surface area (Å²) in [4.78, 5) is 13.2. The van der Waals surface area contributed by atoms with E-state index in [0.717, 1.165) is 11.1 Å². The lowest BCUT2D eigenvalue weighted by atomic mass is 10.0. The lowest BCUT2D eigenvalue weighted by Crippen LogP contribution is -2.24. The largest absolute Gasteiger partial charge is 0.271 e. The minimum Gasteiger partial charge on any atom is -0.271 e. The molecule has 0 aliphatic rings. The molecular weight excluding hydrogens is 316 g/mol. The molecule has 0 bridgehead atoms. The first-order valence-corrected chi connectivity index (χ1v) is 7.92. The summed E-state index contributed by atoms with van der Waals surface area (Å²) in [6.45, 7) is 1.97. The van der Waals surface area contributed by atoms with Crippen molar-refractivity contribution in [3.63, 3.8) is 0 Å². The van der Waals surface area contributed by atoms with Gasteiger partial charge in [0.2, 0.25) is 5.82 Å². The lowest BCUT2D eigenvalue weighted by Gasteiger charge is -2.05. The summed E-state index contributed by atoms with van der Waals surface area (Å²) < 4.78 is 0. The summed E-state index contributed by atoms with van der Waals surface area (Å²) in [5, 5.41) is 16.0. The van der Waals surface area contributed by atoms with Gasteiger partial charge in [-0.1, -0.05) is 67.6 Å². The summed E-state index contributed by atoms with van der Waals surface area (Å²) in [7, 11) is 0. The molecule has 0 saturated carbocycles. The van der Waals surface area contributed by atoms with E-state index < -0.39 is 0 Å². The molecule has 3 rings (SSSR count). The van der Waals surface area contributed by atoms with Gasteiger partial charge in [0.05, 0.1) is 0 Å². The fourth-order valence-corrected chi connectivity index (χ4v) is 2.24. The number of amides is 1. The van der Waals surface area contributed by atoms with Gasteiger partial charge < -0.3 is 0 Å². The van der Waals surface area contributed by atoms with Crippen LogP contribution >= 0.6 is 0 Å². The van der Waals surface area contributed by atoms with Gasteiger partial charge in [-0.15, -0.1) is 10.2 Å². The van der Waals surface area contributed by atoms with E-state index in [1.807, 2.05) is 67.6 Å². The van der Waals surface area contributed by atoms with Crippen molar-refractivity contribution in [3.05, 3.63) is 66.2 Å². The number of hydrogen-bond donors (Lipinski definition) is 1. The van der Waals surface area contributed by atoms with Crippen LogP contribution in [0.4, 0.5) is 0 Å². The molecule has 1 N–H and O–H groups in total. The number of nitrogens with one attached hydrogen (secondary N) is 1. The summed E-state index contributed by atoms with van der Waals surface area (Å²) in [5.41, 5.74) is 4.46. The van der Waals surface area contributed by atoms with Crippen molar-refractivity contribution in [1.82, 2.24) is 25.6 Å². The third kappa shape index (κ3) is 4.57. The van der Waals surface area contributed by atoms with E-state index in [9.17, 15) is 4.79 Å². The summed E-state index contributed by atoms with van der Waals surface area (Å²) in [5.74, 6) is 0.277. The van der Waals surface area contributed by atoms with Crippen LogP contribution in [-0.2, 0) is 11.3 Å². The van der Waals surface area contributed by atoms with E-state index in [2.05, 4.69) is 25.9 Å². The van der Waals surface area contributed by atoms with Gasteiger partial charge >= 0.3 is 0 Å². The van der Waals surface area contributed by atoms with Crippen LogP contribution in [0.3, 0.4) is 0 Å². The maximum Gasteiger partial charge on any atom is 0.263 e. The zero-order valence-corrected chi connectivity index (χ0v) is 13.8. The molecule has 1 aromatic heterocycles. The van der Waals surface area contributed by atoms with Gasteiger partial charge in [0.15, 0.2) is 0 Å². The molecular formula is C18H18N6O. The summed E-state index contributed by atoms with van der Waals surface area (Å²) in [6.07, 6.45) is 1.69. The number of carbonyl (C=O) groups excluding carboxylic acids is 1. The van der Waals surface area contributed by atoms with E-state index in [1.165, 1.54) is 4.80 Å². The van der Waals surface area contributed by atoms with Gasteiger partial charge in [0, 0.05) is 17.7 Å². The summed E-state index contributed by atoms with van der Waals surface area (Å²) in [6, 6.07) is 19.4. The smallest absolute Gasteiger partial charge is 0.263 e. The first-order valence-electron chi connectivity index (χ1n) is 7.92. The number of rotatable bonds is 6. The number of benzene rings is 2. The minimum atomic E-state index is -0.312. The van der Waals surface area contributed by atoms with Crippen molar-refractivity contribution in [1.29, 1.82) is 0 Å². The number of hydrazone groups is 1. The molecule has 0 radical (unpaired) electrons. The molecule has 2 aromatic carbocycles. The highest BCUT2D eigenvalue weighted by molar-refractivity contribution is 5.77. The Balaban J connectivity index is 1.53. The molecule has 0 fully saturated rings. The second-order valence-corrected chi connectivity index (χ2v) is 5.52. The second-order valence-electron chi connectivity index (χ2n) is 5.52. The zero-order valence-electron chi connectivity index (χ0n) is 13.8. The molecule has 3 aromatic rings. The topological polar surface area (TPSA) is 85.1 Å². The standard InChI is InChI=1S/C18H18N6O/c1-14(15-8-4-2-5-9-15)12-19-20-17(25)13-24-22-18(21-23-24)16-10-6-3-7-11-16/h2-12,14H,13H2,1H3,(H,20,25)/b19-12-/t14-/m1/s1. The Morgan fingerprint density at radius 2 is 1.84 bits per heavy atom. The summed E-state index contributed by atoms with van der Waals surface area (Å²) >= 11 is 0. The van der Waals surface area contributed by atoms with Gasteiger partial charge in [-0.3, -0.25) is 4.79 Å². The van der Waals surface area contributed by atoms with E-state index in [0.29, 0.717) is 5.82 Å². The predicted octanol–water partition coefficient (Wildman–Crippen LogP) is 2.25. The van der Waals surface area contributed by atoms with Crippen molar-refractivity contribution < 1.29 is 4.79 Å². The third-order valence-electron chi connectivity index (χ3n) is 3.58. The molecule has 0 unspecified atom stereocenters. The Morgan fingerprint density at radius 3 is 2.56 bits per heavy atom. The molecule has 1 atom stereocenters. The average Bonchev–Trinajstić information content (AvgIpc) is 3.11. The van der Waals surface area contributed by atoms with Crippen LogP contribution in [0, 0.1) is 0 Å². The van der Waals surface area contributed by atoms with Gasteiger partial charge in [0.25, 0.3) is 5.91 Å². The molecule has 7 heteroatoms. The van der Waals surface area contributed by atoms with Crippen LogP contribution in [0.15, 0.2) is 65.8 Å². The van der Waals surface area contributed by atoms with Crippen molar-refractivity contribution in [2.24, 2.45) is 5.10 Å². The molecule has 25 heavy (non-hydrogen) atoms. The van der Waals surface area contributed by atoms with Crippen LogP contribution in [0.25, 0.3) is 11.4 Å². The molecule has 0 aliphatic heterocycles. The van der Waals surface area contributed by atoms with Crippen LogP contribution in [0.5, 0.6) is 0 Å². The van der Waals surface area contributed by atoms with Gasteiger partial charge in [-0.25, -0.2) is 5.43 Å². The van der Waals surface area contributed by atoms with Gasteiger partial charge in [0.1, 0.15) is 6.54 Å². The second kappa shape index (κ2) is 7.96. The van der Waals surface area contributed by atoms with Crippen molar-refractivity contribution >= 4 is 12.1 Å². The molecule has 1 amide bonds. The van der Waals surface area contributed by atoms with Crippen LogP contribution in [-0.4, -0.2) is 32.3 Å². The zero-order chi connectivity index (χ0) is 17.5. The monoisotopic (exact) mass is 334 g/mol. The molecule has 0 saturated heterocycles. The van der Waals surface area contributed by atoms with Crippen molar-refractivity contribution in [2.45, 2.75) is 19.4 Å². The van der Waals surface area contributed by atoms with Gasteiger partial charge in [-0.05, 0) is 10.8 Å². The maximum absolute atomic E-state index is 11.9. The first kappa shape index (κ1) is 16.5. The fraction of sp³-hybridized carbons (Fsp3) is 0.167. The highest BCUT2D eigenvalue weighted by atomic mass is 16.2. The number of tetrazole rings is 1. The quantitative estimate of drug-likeness (QED) is 0.553. The minimum absolute atomic E-state index is 0.0448. The lowest BCUT2D eigenvalue weighted by molar-refractivity contribution is -0.122. The van der Waals surface area contributed by atoms with E-state index in [4.69, 9.17) is 0 Å². The number of carbonyl (C=O) groups is 1. The van der Waals surface area contributed by atoms with Crippen molar-refractivity contribution in [3.8, 4) is 11.4 Å². The van der Waals surface area contributed by atoms with Crippen LogP contribution < -0.4 is 5.43 Å². The normalized spacial score (nSPS) is 12.2. The highest BCUT2D eigenvalue weighted by Crippen LogP contribution is 2.12. The number of aromatic nitrogens is 4. The fourth-order valence-electron chi connectivity index (χ4n) is 2.24. The van der Waals surface area contributed by atoms with Crippen LogP contribution in [0.1, 0.15) is 18.4 Å². The predicted molar refractivity (Wildman–Crippen MR) is 94.7 cm³/mol. The van der Waals surface area contributed by atoms with Crippen LogP contribution in [0.2, 0.25) is 0 Å². The molecule has 0 aliphatic carbocycles. The first-order chi connectivity index (χ1) is 12.2. The Morgan fingerprint density at radius 1 is 1.16 bits per heavy atom. The highest BCUT2D eigenvalue weighted by Gasteiger charge is 2.08. The Bertz CT molecular complexity index is 844. The van der Waals surface area contributed by atoms with E-state index in [-0.39, 0.29) is 18.4 Å². The van der Waals surface area contributed by atoms with Gasteiger partial charge in [-0.2, -0.15) is 9.90 Å². The Hall–Kier alpha value is -3.35. The van der Waals surface area contributed by atoms with Crippen molar-refractivity contribution in [2.75, 3.05) is 0 Å². The Labute approximate surface area is 145 Å². The average molecular weight is 334 g/mol. The third-order valence-corrected chi connectivity index (χ3v) is 3.58. The number of nitrogens with zero attached hydrogens (tertiary/aromatic N) is 5. The molecule has 0 spiro atoms. The van der Waals surface area contributed by atoms with E-state index >= 15 is 0 Å². The Kier molecular flexibility index (Phi) is 5.26. The SMILES string of the molecule is C[C@H](/C=N\NC(=O)Cn1nnc(-c2ccccc2)n1)c1ccccc1.